The number of nitrogens with one attached hydrogen (secondary N) is 1. The largest absolute Gasteiger partial charge is 0.281 e. The molecule has 0 unspecified atom stereocenters. The topological polar surface area (TPSA) is 66.1 Å². The number of sulfonamides is 1. The van der Waals surface area contributed by atoms with Crippen LogP contribution < -0.4 is 0 Å². The van der Waals surface area contributed by atoms with Gasteiger partial charge >= 0.3 is 0 Å². The van der Waals surface area contributed by atoms with Crippen molar-refractivity contribution in [1.82, 2.24) is 14.5 Å². The quantitative estimate of drug-likeness (QED) is 0.870. The van der Waals surface area contributed by atoms with Gasteiger partial charge in [0, 0.05) is 18.0 Å². The van der Waals surface area contributed by atoms with Gasteiger partial charge in [0.25, 0.3) is 0 Å². The molecule has 0 fully saturated rings. The highest BCUT2D eigenvalue weighted by atomic mass is 79.9. The SMILES string of the molecule is CCN(Cc1ccc(Br)s1)S(=O)(=O)c1c(C)n[nH]c1C. The summed E-state index contributed by atoms with van der Waals surface area (Å²) in [6, 6.07) is 3.86. The lowest BCUT2D eigenvalue weighted by molar-refractivity contribution is 0.425. The van der Waals surface area contributed by atoms with Gasteiger partial charge in [-0.05, 0) is 41.9 Å². The van der Waals surface area contributed by atoms with Crippen LogP contribution >= 0.6 is 27.3 Å². The Morgan fingerprint density at radius 1 is 1.40 bits per heavy atom. The van der Waals surface area contributed by atoms with Gasteiger partial charge in [-0.25, -0.2) is 8.42 Å². The molecule has 0 spiro atoms. The van der Waals surface area contributed by atoms with Crippen molar-refractivity contribution in [3.8, 4) is 0 Å². The van der Waals surface area contributed by atoms with Crippen molar-refractivity contribution in [2.75, 3.05) is 6.54 Å². The highest BCUT2D eigenvalue weighted by Gasteiger charge is 2.28. The van der Waals surface area contributed by atoms with E-state index in [0.29, 0.717) is 24.5 Å². The first-order valence-corrected chi connectivity index (χ1v) is 9.17. The van der Waals surface area contributed by atoms with Gasteiger partial charge in [0.2, 0.25) is 10.0 Å². The predicted molar refractivity (Wildman–Crippen MR) is 83.4 cm³/mol. The van der Waals surface area contributed by atoms with E-state index in [1.807, 2.05) is 19.1 Å². The second-order valence-electron chi connectivity index (χ2n) is 4.40. The summed E-state index contributed by atoms with van der Waals surface area (Å²) in [5.41, 5.74) is 1.08. The molecule has 0 aliphatic rings. The van der Waals surface area contributed by atoms with Crippen LogP contribution in [0, 0.1) is 13.8 Å². The molecule has 20 heavy (non-hydrogen) atoms. The number of rotatable bonds is 5. The maximum absolute atomic E-state index is 12.7. The van der Waals surface area contributed by atoms with Crippen LogP contribution in [0.5, 0.6) is 0 Å². The fourth-order valence-corrected chi connectivity index (χ4v) is 5.37. The minimum absolute atomic E-state index is 0.287. The molecule has 2 rings (SSSR count). The Balaban J connectivity index is 2.35. The average molecular weight is 378 g/mol. The van der Waals surface area contributed by atoms with Crippen molar-refractivity contribution in [1.29, 1.82) is 0 Å². The third kappa shape index (κ3) is 2.98. The molecular formula is C12H16BrN3O2S2. The number of H-pyrrole nitrogens is 1. The maximum atomic E-state index is 12.7. The molecule has 0 saturated carbocycles. The molecule has 0 saturated heterocycles. The summed E-state index contributed by atoms with van der Waals surface area (Å²) >= 11 is 4.93. The Morgan fingerprint density at radius 2 is 2.10 bits per heavy atom. The van der Waals surface area contributed by atoms with E-state index in [2.05, 4.69) is 26.1 Å². The van der Waals surface area contributed by atoms with E-state index in [1.54, 1.807) is 25.2 Å². The predicted octanol–water partition coefficient (Wildman–Crippen LogP) is 3.06. The molecule has 0 aliphatic carbocycles. The molecule has 0 bridgehead atoms. The van der Waals surface area contributed by atoms with E-state index in [9.17, 15) is 8.42 Å². The average Bonchev–Trinajstić information content (AvgIpc) is 2.92. The zero-order chi connectivity index (χ0) is 14.9. The Hall–Kier alpha value is -0.700. The van der Waals surface area contributed by atoms with Crippen LogP contribution in [-0.2, 0) is 16.6 Å². The van der Waals surface area contributed by atoms with Gasteiger partial charge in [0.05, 0.1) is 15.2 Å². The highest BCUT2D eigenvalue weighted by molar-refractivity contribution is 9.11. The second kappa shape index (κ2) is 5.97. The van der Waals surface area contributed by atoms with Crippen LogP contribution in [0.25, 0.3) is 0 Å². The number of halogens is 1. The number of aryl methyl sites for hydroxylation is 2. The summed E-state index contributed by atoms with van der Waals surface area (Å²) in [6.07, 6.45) is 0. The minimum atomic E-state index is -3.53. The van der Waals surface area contributed by atoms with Crippen LogP contribution in [0.4, 0.5) is 0 Å². The number of aromatic amines is 1. The molecule has 2 heterocycles. The van der Waals surface area contributed by atoms with Crippen molar-refractivity contribution in [2.24, 2.45) is 0 Å². The Morgan fingerprint density at radius 3 is 2.55 bits per heavy atom. The second-order valence-corrected chi connectivity index (χ2v) is 8.82. The molecule has 0 atom stereocenters. The van der Waals surface area contributed by atoms with E-state index in [1.165, 1.54) is 4.31 Å². The van der Waals surface area contributed by atoms with Crippen LogP contribution in [-0.4, -0.2) is 29.5 Å². The monoisotopic (exact) mass is 377 g/mol. The van der Waals surface area contributed by atoms with Gasteiger partial charge in [-0.2, -0.15) is 9.40 Å². The van der Waals surface area contributed by atoms with E-state index < -0.39 is 10.0 Å². The maximum Gasteiger partial charge on any atom is 0.247 e. The molecule has 0 amide bonds. The minimum Gasteiger partial charge on any atom is -0.281 e. The van der Waals surface area contributed by atoms with Gasteiger partial charge in [0.1, 0.15) is 4.90 Å². The fraction of sp³-hybridized carbons (Fsp3) is 0.417. The first-order chi connectivity index (χ1) is 9.36. The molecule has 1 N–H and O–H groups in total. The molecule has 8 heteroatoms. The summed E-state index contributed by atoms with van der Waals surface area (Å²) in [5, 5.41) is 6.70. The molecule has 2 aromatic heterocycles. The van der Waals surface area contributed by atoms with Crippen molar-refractivity contribution in [3.05, 3.63) is 32.2 Å². The zero-order valence-corrected chi connectivity index (χ0v) is 14.7. The van der Waals surface area contributed by atoms with Crippen molar-refractivity contribution < 1.29 is 8.42 Å². The summed E-state index contributed by atoms with van der Waals surface area (Å²) < 4.78 is 27.9. The lowest BCUT2D eigenvalue weighted by Crippen LogP contribution is -2.30. The summed E-state index contributed by atoms with van der Waals surface area (Å²) in [4.78, 5) is 1.29. The van der Waals surface area contributed by atoms with Gasteiger partial charge in [-0.15, -0.1) is 11.3 Å². The number of nitrogens with zero attached hydrogens (tertiary/aromatic N) is 2. The van der Waals surface area contributed by atoms with Crippen LogP contribution in [0.1, 0.15) is 23.2 Å². The van der Waals surface area contributed by atoms with E-state index in [4.69, 9.17) is 0 Å². The number of hydrogen-bond acceptors (Lipinski definition) is 4. The van der Waals surface area contributed by atoms with Gasteiger partial charge in [-0.3, -0.25) is 5.10 Å². The Kier molecular flexibility index (Phi) is 4.68. The molecular weight excluding hydrogens is 362 g/mol. The number of thiophene rings is 1. The summed E-state index contributed by atoms with van der Waals surface area (Å²) in [6.45, 7) is 6.06. The van der Waals surface area contributed by atoms with Crippen LogP contribution in [0.2, 0.25) is 0 Å². The molecule has 0 aromatic carbocycles. The first kappa shape index (κ1) is 15.7. The van der Waals surface area contributed by atoms with Crippen molar-refractivity contribution in [2.45, 2.75) is 32.2 Å². The molecule has 110 valence electrons. The third-order valence-corrected chi connectivity index (χ3v) is 6.77. The standard InChI is InChI=1S/C12H16BrN3O2S2/c1-4-16(7-10-5-6-11(13)19-10)20(17,18)12-8(2)14-15-9(12)3/h5-6H,4,7H2,1-3H3,(H,14,15). The van der Waals surface area contributed by atoms with Crippen LogP contribution in [0.15, 0.2) is 20.8 Å². The third-order valence-electron chi connectivity index (χ3n) is 2.97. The normalized spacial score (nSPS) is 12.2. The van der Waals surface area contributed by atoms with Crippen LogP contribution in [0.3, 0.4) is 0 Å². The lowest BCUT2D eigenvalue weighted by atomic mass is 10.4. The number of aromatic nitrogens is 2. The lowest BCUT2D eigenvalue weighted by Gasteiger charge is -2.19. The molecule has 2 aromatic rings. The zero-order valence-electron chi connectivity index (χ0n) is 11.5. The van der Waals surface area contributed by atoms with Crippen molar-refractivity contribution in [3.63, 3.8) is 0 Å². The van der Waals surface area contributed by atoms with E-state index in [-0.39, 0.29) is 4.90 Å². The van der Waals surface area contributed by atoms with Gasteiger partial charge < -0.3 is 0 Å². The first-order valence-electron chi connectivity index (χ1n) is 6.12. The smallest absolute Gasteiger partial charge is 0.247 e. The van der Waals surface area contributed by atoms with Crippen molar-refractivity contribution >= 4 is 37.3 Å². The van der Waals surface area contributed by atoms with Gasteiger partial charge in [-0.1, -0.05) is 6.92 Å². The summed E-state index contributed by atoms with van der Waals surface area (Å²) in [7, 11) is -3.53. The molecule has 0 aliphatic heterocycles. The highest BCUT2D eigenvalue weighted by Crippen LogP contribution is 2.27. The van der Waals surface area contributed by atoms with E-state index >= 15 is 0 Å². The Labute approximate surface area is 131 Å². The molecule has 0 radical (unpaired) electrons. The fourth-order valence-electron chi connectivity index (χ4n) is 2.03. The molecule has 5 nitrogen and oxygen atoms in total. The Bertz CT molecular complexity index is 687. The number of hydrogen-bond donors (Lipinski definition) is 1. The summed E-state index contributed by atoms with van der Waals surface area (Å²) in [5.74, 6) is 0. The van der Waals surface area contributed by atoms with Gasteiger partial charge in [0.15, 0.2) is 0 Å². The van der Waals surface area contributed by atoms with E-state index in [0.717, 1.165) is 8.66 Å².